The molecule has 0 saturated carbocycles. The van der Waals surface area contributed by atoms with Gasteiger partial charge >= 0.3 is 0 Å². The van der Waals surface area contributed by atoms with E-state index >= 15 is 0 Å². The smallest absolute Gasteiger partial charge is 0.262 e. The summed E-state index contributed by atoms with van der Waals surface area (Å²) < 4.78 is 22.7. The van der Waals surface area contributed by atoms with Crippen molar-refractivity contribution >= 4 is 28.3 Å². The predicted molar refractivity (Wildman–Crippen MR) is 136 cm³/mol. The fourth-order valence-corrected chi connectivity index (χ4v) is 4.02. The molecule has 1 aliphatic heterocycles. The number of furan rings is 1. The van der Waals surface area contributed by atoms with E-state index in [0.717, 1.165) is 0 Å². The first kappa shape index (κ1) is 23.5. The lowest BCUT2D eigenvalue weighted by atomic mass is 9.87. The van der Waals surface area contributed by atoms with Crippen molar-refractivity contribution < 1.29 is 28.2 Å². The minimum atomic E-state index is -0.405. The summed E-state index contributed by atoms with van der Waals surface area (Å²) in [5, 5.41) is 3.44. The zero-order chi connectivity index (χ0) is 25.3. The molecule has 0 bridgehead atoms. The lowest BCUT2D eigenvalue weighted by Gasteiger charge is -2.19. The van der Waals surface area contributed by atoms with Gasteiger partial charge in [0, 0.05) is 10.9 Å². The van der Waals surface area contributed by atoms with E-state index in [2.05, 4.69) is 26.1 Å². The minimum absolute atomic E-state index is 0.0262. The third-order valence-corrected chi connectivity index (χ3v) is 5.96. The highest BCUT2D eigenvalue weighted by atomic mass is 16.6. The summed E-state index contributed by atoms with van der Waals surface area (Å²) in [7, 11) is 0. The first-order valence-electron chi connectivity index (χ1n) is 11.8. The van der Waals surface area contributed by atoms with E-state index in [0.29, 0.717) is 52.7 Å². The Hall–Kier alpha value is -4.26. The largest absolute Gasteiger partial charge is 0.486 e. The van der Waals surface area contributed by atoms with Gasteiger partial charge in [0.2, 0.25) is 5.78 Å². The Morgan fingerprint density at radius 1 is 0.917 bits per heavy atom. The second-order valence-corrected chi connectivity index (χ2v) is 9.60. The van der Waals surface area contributed by atoms with Gasteiger partial charge in [0.1, 0.15) is 24.5 Å². The van der Waals surface area contributed by atoms with E-state index in [1.54, 1.807) is 36.4 Å². The van der Waals surface area contributed by atoms with Crippen molar-refractivity contribution in [2.75, 3.05) is 25.1 Å². The Kier molecular flexibility index (Phi) is 6.14. The molecule has 1 aliphatic rings. The van der Waals surface area contributed by atoms with Crippen LogP contribution < -0.4 is 19.5 Å². The highest BCUT2D eigenvalue weighted by Gasteiger charge is 2.25. The summed E-state index contributed by atoms with van der Waals surface area (Å²) in [6, 6.07) is 19.8. The molecule has 0 radical (unpaired) electrons. The van der Waals surface area contributed by atoms with Crippen molar-refractivity contribution in [3.8, 4) is 17.2 Å². The highest BCUT2D eigenvalue weighted by Crippen LogP contribution is 2.35. The highest BCUT2D eigenvalue weighted by molar-refractivity contribution is 6.17. The number of rotatable bonds is 6. The van der Waals surface area contributed by atoms with Gasteiger partial charge in [-0.15, -0.1) is 0 Å². The van der Waals surface area contributed by atoms with Crippen molar-refractivity contribution in [2.24, 2.45) is 0 Å². The molecule has 7 nitrogen and oxygen atoms in total. The van der Waals surface area contributed by atoms with Crippen LogP contribution in [0.15, 0.2) is 71.1 Å². The van der Waals surface area contributed by atoms with E-state index < -0.39 is 5.91 Å². The molecule has 4 aromatic rings. The number of ketones is 1. The second-order valence-electron chi connectivity index (χ2n) is 9.60. The quantitative estimate of drug-likeness (QED) is 0.350. The number of carbonyl (C=O) groups is 2. The average molecular weight is 486 g/mol. The SMILES string of the molecule is CC(C)(C)c1ccc(OCC(=O)Nc2c(C(=O)c3ccc4c(c3)OCCO4)oc3ccccc23)cc1. The van der Waals surface area contributed by atoms with E-state index in [9.17, 15) is 9.59 Å². The lowest BCUT2D eigenvalue weighted by molar-refractivity contribution is -0.118. The van der Waals surface area contributed by atoms with Gasteiger partial charge in [-0.05, 0) is 53.4 Å². The number of anilines is 1. The standard InChI is InChI=1S/C29H27NO6/c1-29(2,3)19-9-11-20(12-10-19)35-17-25(31)30-26-21-6-4-5-7-22(21)36-28(26)27(32)18-8-13-23-24(16-18)34-15-14-33-23/h4-13,16H,14-15,17H2,1-3H3,(H,30,31). The van der Waals surface area contributed by atoms with Crippen molar-refractivity contribution in [3.05, 3.63) is 83.6 Å². The van der Waals surface area contributed by atoms with Crippen LogP contribution in [0.25, 0.3) is 11.0 Å². The van der Waals surface area contributed by atoms with Crippen molar-refractivity contribution in [2.45, 2.75) is 26.2 Å². The van der Waals surface area contributed by atoms with Crippen molar-refractivity contribution in [3.63, 3.8) is 0 Å². The average Bonchev–Trinajstić information content (AvgIpc) is 3.24. The van der Waals surface area contributed by atoms with Crippen molar-refractivity contribution in [1.82, 2.24) is 0 Å². The van der Waals surface area contributed by atoms with Crippen LogP contribution in [0, 0.1) is 0 Å². The number of nitrogens with one attached hydrogen (secondary N) is 1. The van der Waals surface area contributed by atoms with Crippen LogP contribution >= 0.6 is 0 Å². The van der Waals surface area contributed by atoms with E-state index in [4.69, 9.17) is 18.6 Å². The van der Waals surface area contributed by atoms with Gasteiger partial charge < -0.3 is 23.9 Å². The molecule has 3 aromatic carbocycles. The van der Waals surface area contributed by atoms with Gasteiger partial charge in [0.15, 0.2) is 23.9 Å². The van der Waals surface area contributed by atoms with Gasteiger partial charge in [-0.1, -0.05) is 45.0 Å². The maximum Gasteiger partial charge on any atom is 0.262 e. The van der Waals surface area contributed by atoms with Crippen LogP contribution in [0.5, 0.6) is 17.2 Å². The van der Waals surface area contributed by atoms with Gasteiger partial charge in [0.05, 0.1) is 5.69 Å². The molecule has 5 rings (SSSR count). The fourth-order valence-electron chi connectivity index (χ4n) is 4.02. The topological polar surface area (TPSA) is 87.0 Å². The Labute approximate surface area is 209 Å². The van der Waals surface area contributed by atoms with Crippen LogP contribution in [0.4, 0.5) is 5.69 Å². The van der Waals surface area contributed by atoms with Crippen molar-refractivity contribution in [1.29, 1.82) is 0 Å². The third kappa shape index (κ3) is 4.77. The summed E-state index contributed by atoms with van der Waals surface area (Å²) >= 11 is 0. The molecule has 2 heterocycles. The molecule has 0 saturated heterocycles. The van der Waals surface area contributed by atoms with Gasteiger partial charge in [-0.25, -0.2) is 0 Å². The number of para-hydroxylation sites is 1. The molecule has 0 spiro atoms. The molecule has 184 valence electrons. The molecule has 0 unspecified atom stereocenters. The Bertz CT molecular complexity index is 1430. The summed E-state index contributed by atoms with van der Waals surface area (Å²) in [6.07, 6.45) is 0. The van der Waals surface area contributed by atoms with Crippen LogP contribution in [-0.4, -0.2) is 31.5 Å². The summed E-state index contributed by atoms with van der Waals surface area (Å²) in [4.78, 5) is 26.3. The van der Waals surface area contributed by atoms with Gasteiger partial charge in [-0.2, -0.15) is 0 Å². The minimum Gasteiger partial charge on any atom is -0.486 e. The summed E-state index contributed by atoms with van der Waals surface area (Å²) in [5.74, 6) is 0.927. The molecule has 36 heavy (non-hydrogen) atoms. The van der Waals surface area contributed by atoms with E-state index in [1.807, 2.05) is 30.3 Å². The predicted octanol–water partition coefficient (Wildman–Crippen LogP) is 5.75. The monoisotopic (exact) mass is 485 g/mol. The number of amides is 1. The Morgan fingerprint density at radius 3 is 2.39 bits per heavy atom. The van der Waals surface area contributed by atoms with E-state index in [-0.39, 0.29) is 23.6 Å². The molecule has 1 N–H and O–H groups in total. The van der Waals surface area contributed by atoms with Crippen LogP contribution in [0.3, 0.4) is 0 Å². The first-order valence-corrected chi connectivity index (χ1v) is 11.8. The Balaban J connectivity index is 1.36. The number of benzene rings is 3. The number of hydrogen-bond acceptors (Lipinski definition) is 6. The third-order valence-electron chi connectivity index (χ3n) is 5.96. The normalized spacial score (nSPS) is 12.9. The molecular weight excluding hydrogens is 458 g/mol. The molecule has 7 heteroatoms. The van der Waals surface area contributed by atoms with Crippen LogP contribution in [0.2, 0.25) is 0 Å². The molecule has 0 atom stereocenters. The zero-order valence-electron chi connectivity index (χ0n) is 20.4. The van der Waals surface area contributed by atoms with Gasteiger partial charge in [-0.3, -0.25) is 9.59 Å². The molecule has 1 amide bonds. The molecule has 0 aliphatic carbocycles. The zero-order valence-corrected chi connectivity index (χ0v) is 20.4. The number of hydrogen-bond donors (Lipinski definition) is 1. The van der Waals surface area contributed by atoms with Crippen LogP contribution in [0.1, 0.15) is 42.5 Å². The summed E-state index contributed by atoms with van der Waals surface area (Å²) in [5.41, 5.74) is 2.36. The molecular formula is C29H27NO6. The summed E-state index contributed by atoms with van der Waals surface area (Å²) in [6.45, 7) is 7.06. The maximum atomic E-state index is 13.4. The number of ether oxygens (including phenoxy) is 3. The fraction of sp³-hybridized carbons (Fsp3) is 0.241. The second kappa shape index (κ2) is 9.41. The first-order chi connectivity index (χ1) is 17.3. The van der Waals surface area contributed by atoms with E-state index in [1.165, 1.54) is 5.56 Å². The number of carbonyl (C=O) groups excluding carboxylic acids is 2. The Morgan fingerprint density at radius 2 is 1.64 bits per heavy atom. The van der Waals surface area contributed by atoms with Crippen LogP contribution in [-0.2, 0) is 10.2 Å². The number of fused-ring (bicyclic) bond motifs is 2. The molecule has 1 aromatic heterocycles. The molecule has 0 fully saturated rings. The van der Waals surface area contributed by atoms with Gasteiger partial charge in [0.25, 0.3) is 5.91 Å². The maximum absolute atomic E-state index is 13.4. The lowest BCUT2D eigenvalue weighted by Crippen LogP contribution is -2.21.